The van der Waals surface area contributed by atoms with Gasteiger partial charge in [-0.05, 0) is 36.4 Å². The van der Waals surface area contributed by atoms with E-state index >= 15 is 0 Å². The van der Waals surface area contributed by atoms with Crippen LogP contribution in [0.15, 0.2) is 59.0 Å². The van der Waals surface area contributed by atoms with E-state index in [0.717, 1.165) is 17.2 Å². The van der Waals surface area contributed by atoms with Crippen molar-refractivity contribution in [2.24, 2.45) is 0 Å². The van der Waals surface area contributed by atoms with E-state index in [2.05, 4.69) is 15.1 Å². The molecule has 0 radical (unpaired) electrons. The summed E-state index contributed by atoms with van der Waals surface area (Å²) in [6, 6.07) is 17.7. The molecule has 5 nitrogen and oxygen atoms in total. The lowest BCUT2D eigenvalue weighted by Crippen LogP contribution is -2.16. The quantitative estimate of drug-likeness (QED) is 0.662. The molecule has 0 atom stereocenters. The number of aromatic nitrogens is 2. The molecule has 0 aliphatic rings. The molecule has 0 N–H and O–H groups in total. The molecule has 124 valence electrons. The normalized spacial score (nSPS) is 10.8. The van der Waals surface area contributed by atoms with Crippen molar-refractivity contribution in [2.75, 3.05) is 11.9 Å². The van der Waals surface area contributed by atoms with Crippen LogP contribution in [0.1, 0.15) is 31.5 Å². The zero-order valence-corrected chi connectivity index (χ0v) is 14.1. The second-order valence-corrected chi connectivity index (χ2v) is 5.95. The Bertz CT molecular complexity index is 767. The molecule has 0 amide bonds. The van der Waals surface area contributed by atoms with E-state index in [1.165, 1.54) is 0 Å². The SMILES string of the molecule is CC(C)c1nnc(CN(C)c2ccc(Oc3ccccc3)cc2)o1. The Morgan fingerprint density at radius 2 is 1.62 bits per heavy atom. The first kappa shape index (κ1) is 16.1. The Balaban J connectivity index is 1.63. The number of hydrogen-bond donors (Lipinski definition) is 0. The Morgan fingerprint density at radius 1 is 0.958 bits per heavy atom. The smallest absolute Gasteiger partial charge is 0.235 e. The van der Waals surface area contributed by atoms with Crippen LogP contribution in [0.4, 0.5) is 5.69 Å². The Morgan fingerprint density at radius 3 is 2.25 bits per heavy atom. The van der Waals surface area contributed by atoms with E-state index in [0.29, 0.717) is 18.3 Å². The Labute approximate surface area is 141 Å². The van der Waals surface area contributed by atoms with Crippen molar-refractivity contribution in [1.82, 2.24) is 10.2 Å². The van der Waals surface area contributed by atoms with Crippen LogP contribution in [-0.2, 0) is 6.54 Å². The molecule has 3 rings (SSSR count). The number of benzene rings is 2. The minimum Gasteiger partial charge on any atom is -0.457 e. The summed E-state index contributed by atoms with van der Waals surface area (Å²) < 4.78 is 11.5. The third-order valence-electron chi connectivity index (χ3n) is 3.61. The van der Waals surface area contributed by atoms with E-state index in [4.69, 9.17) is 9.15 Å². The van der Waals surface area contributed by atoms with Gasteiger partial charge in [-0.3, -0.25) is 0 Å². The average molecular weight is 323 g/mol. The van der Waals surface area contributed by atoms with E-state index in [1.807, 2.05) is 75.5 Å². The molecular weight excluding hydrogens is 302 g/mol. The van der Waals surface area contributed by atoms with Crippen LogP contribution in [0.5, 0.6) is 11.5 Å². The van der Waals surface area contributed by atoms with Crippen molar-refractivity contribution in [3.05, 3.63) is 66.4 Å². The van der Waals surface area contributed by atoms with Crippen molar-refractivity contribution in [3.63, 3.8) is 0 Å². The predicted octanol–water partition coefficient (Wildman–Crippen LogP) is 4.62. The summed E-state index contributed by atoms with van der Waals surface area (Å²) in [7, 11) is 1.99. The predicted molar refractivity (Wildman–Crippen MR) is 93.5 cm³/mol. The summed E-state index contributed by atoms with van der Waals surface area (Å²) in [6.07, 6.45) is 0. The summed E-state index contributed by atoms with van der Waals surface area (Å²) in [6.45, 7) is 4.64. The standard InChI is InChI=1S/C19H21N3O2/c1-14(2)19-21-20-18(24-19)13-22(3)15-9-11-17(12-10-15)23-16-7-5-4-6-8-16/h4-12,14H,13H2,1-3H3. The van der Waals surface area contributed by atoms with Crippen molar-refractivity contribution in [3.8, 4) is 11.5 Å². The monoisotopic (exact) mass is 323 g/mol. The molecule has 5 heteroatoms. The van der Waals surface area contributed by atoms with E-state index in [9.17, 15) is 0 Å². The first-order valence-corrected chi connectivity index (χ1v) is 7.98. The highest BCUT2D eigenvalue weighted by molar-refractivity contribution is 5.49. The zero-order valence-electron chi connectivity index (χ0n) is 14.1. The summed E-state index contributed by atoms with van der Waals surface area (Å²) in [5.41, 5.74) is 1.06. The molecule has 0 unspecified atom stereocenters. The van der Waals surface area contributed by atoms with Gasteiger partial charge in [-0.25, -0.2) is 0 Å². The van der Waals surface area contributed by atoms with Crippen LogP contribution in [-0.4, -0.2) is 17.2 Å². The maximum Gasteiger partial charge on any atom is 0.235 e. The summed E-state index contributed by atoms with van der Waals surface area (Å²) in [5.74, 6) is 3.16. The molecule has 3 aromatic rings. The van der Waals surface area contributed by atoms with Crippen LogP contribution in [0.25, 0.3) is 0 Å². The highest BCUT2D eigenvalue weighted by Gasteiger charge is 2.12. The first-order chi connectivity index (χ1) is 11.6. The molecule has 0 fully saturated rings. The molecule has 24 heavy (non-hydrogen) atoms. The van der Waals surface area contributed by atoms with Crippen molar-refractivity contribution in [2.45, 2.75) is 26.3 Å². The lowest BCUT2D eigenvalue weighted by molar-refractivity contribution is 0.431. The van der Waals surface area contributed by atoms with Crippen LogP contribution >= 0.6 is 0 Å². The molecule has 0 saturated heterocycles. The van der Waals surface area contributed by atoms with Gasteiger partial charge < -0.3 is 14.1 Å². The van der Waals surface area contributed by atoms with Gasteiger partial charge in [0.05, 0.1) is 6.54 Å². The fourth-order valence-electron chi connectivity index (χ4n) is 2.25. The fourth-order valence-corrected chi connectivity index (χ4v) is 2.25. The maximum atomic E-state index is 5.80. The minimum absolute atomic E-state index is 0.242. The summed E-state index contributed by atoms with van der Waals surface area (Å²) >= 11 is 0. The van der Waals surface area contributed by atoms with Gasteiger partial charge in [0.1, 0.15) is 11.5 Å². The van der Waals surface area contributed by atoms with Crippen molar-refractivity contribution < 1.29 is 9.15 Å². The fraction of sp³-hybridized carbons (Fsp3) is 0.263. The second kappa shape index (κ2) is 7.17. The molecule has 0 spiro atoms. The third kappa shape index (κ3) is 3.93. The number of anilines is 1. The zero-order chi connectivity index (χ0) is 16.9. The van der Waals surface area contributed by atoms with Gasteiger partial charge in [0.2, 0.25) is 11.8 Å². The highest BCUT2D eigenvalue weighted by Crippen LogP contribution is 2.24. The van der Waals surface area contributed by atoms with E-state index in [-0.39, 0.29) is 5.92 Å². The van der Waals surface area contributed by atoms with Crippen molar-refractivity contribution >= 4 is 5.69 Å². The molecule has 0 aliphatic heterocycles. The van der Waals surface area contributed by atoms with Gasteiger partial charge in [0.15, 0.2) is 0 Å². The number of rotatable bonds is 6. The van der Waals surface area contributed by atoms with Gasteiger partial charge in [-0.15, -0.1) is 10.2 Å². The highest BCUT2D eigenvalue weighted by atomic mass is 16.5. The molecule has 0 bridgehead atoms. The van der Waals surface area contributed by atoms with Crippen molar-refractivity contribution in [1.29, 1.82) is 0 Å². The Hall–Kier alpha value is -2.82. The van der Waals surface area contributed by atoms with E-state index < -0.39 is 0 Å². The van der Waals surface area contributed by atoms with Gasteiger partial charge in [0.25, 0.3) is 0 Å². The molecule has 1 aromatic heterocycles. The molecule has 2 aromatic carbocycles. The molecule has 0 aliphatic carbocycles. The molecular formula is C19H21N3O2. The Kier molecular flexibility index (Phi) is 4.79. The first-order valence-electron chi connectivity index (χ1n) is 7.98. The van der Waals surface area contributed by atoms with Gasteiger partial charge >= 0.3 is 0 Å². The molecule has 0 saturated carbocycles. The number of hydrogen-bond acceptors (Lipinski definition) is 5. The number of ether oxygens (including phenoxy) is 1. The van der Waals surface area contributed by atoms with Crippen LogP contribution in [0, 0.1) is 0 Å². The lowest BCUT2D eigenvalue weighted by Gasteiger charge is -2.17. The van der Waals surface area contributed by atoms with Gasteiger partial charge in [-0.1, -0.05) is 32.0 Å². The second-order valence-electron chi connectivity index (χ2n) is 5.95. The van der Waals surface area contributed by atoms with Crippen LogP contribution in [0.3, 0.4) is 0 Å². The number of nitrogens with zero attached hydrogens (tertiary/aromatic N) is 3. The van der Waals surface area contributed by atoms with Crippen LogP contribution < -0.4 is 9.64 Å². The average Bonchev–Trinajstić information content (AvgIpc) is 3.05. The largest absolute Gasteiger partial charge is 0.457 e. The lowest BCUT2D eigenvalue weighted by atomic mass is 10.2. The van der Waals surface area contributed by atoms with E-state index in [1.54, 1.807) is 0 Å². The topological polar surface area (TPSA) is 51.4 Å². The third-order valence-corrected chi connectivity index (χ3v) is 3.61. The summed E-state index contributed by atoms with van der Waals surface area (Å²) in [4.78, 5) is 2.06. The maximum absolute atomic E-state index is 5.80. The minimum atomic E-state index is 0.242. The summed E-state index contributed by atoms with van der Waals surface area (Å²) in [5, 5.41) is 8.15. The van der Waals surface area contributed by atoms with Gasteiger partial charge in [-0.2, -0.15) is 0 Å². The number of para-hydroxylation sites is 1. The van der Waals surface area contributed by atoms with Crippen LogP contribution in [0.2, 0.25) is 0 Å². The molecule has 1 heterocycles. The van der Waals surface area contributed by atoms with Gasteiger partial charge in [0, 0.05) is 18.7 Å².